The van der Waals surface area contributed by atoms with Gasteiger partial charge < -0.3 is 14.8 Å². The van der Waals surface area contributed by atoms with Crippen molar-refractivity contribution in [2.24, 2.45) is 0 Å². The lowest BCUT2D eigenvalue weighted by molar-refractivity contribution is -0.123. The molecule has 0 heterocycles. The third-order valence-electron chi connectivity index (χ3n) is 4.43. The van der Waals surface area contributed by atoms with Gasteiger partial charge >= 0.3 is 0 Å². The fraction of sp³-hybridized carbons (Fsp3) is 0.125. The summed E-state index contributed by atoms with van der Waals surface area (Å²) in [7, 11) is 1.51. The summed E-state index contributed by atoms with van der Waals surface area (Å²) in [6, 6.07) is 20.4. The molecule has 3 amide bonds. The number of hydrogen-bond donors (Lipinski definition) is 3. The number of hydrogen-bond acceptors (Lipinski definition) is 5. The summed E-state index contributed by atoms with van der Waals surface area (Å²) in [5.74, 6) is -0.353. The molecule has 8 nitrogen and oxygen atoms in total. The van der Waals surface area contributed by atoms with E-state index in [0.29, 0.717) is 28.3 Å². The molecule has 0 aromatic heterocycles. The first-order valence-electron chi connectivity index (χ1n) is 9.79. The van der Waals surface area contributed by atoms with Gasteiger partial charge in [0.05, 0.1) is 7.11 Å². The van der Waals surface area contributed by atoms with Crippen LogP contribution < -0.4 is 25.6 Å². The Labute approximate surface area is 185 Å². The molecule has 32 heavy (non-hydrogen) atoms. The zero-order valence-electron chi connectivity index (χ0n) is 17.7. The maximum Gasteiger partial charge on any atom is 0.276 e. The number of ether oxygens (including phenoxy) is 2. The predicted octanol–water partition coefficient (Wildman–Crippen LogP) is 3.10. The fourth-order valence-electron chi connectivity index (χ4n) is 2.77. The number of hydrazine groups is 1. The van der Waals surface area contributed by atoms with Crippen molar-refractivity contribution in [3.63, 3.8) is 0 Å². The summed E-state index contributed by atoms with van der Waals surface area (Å²) >= 11 is 0. The summed E-state index contributed by atoms with van der Waals surface area (Å²) in [5.41, 5.74) is 6.99. The number of nitrogens with one attached hydrogen (secondary N) is 3. The van der Waals surface area contributed by atoms with Gasteiger partial charge in [0, 0.05) is 16.8 Å². The minimum Gasteiger partial charge on any atom is -0.493 e. The Morgan fingerprint density at radius 3 is 2.16 bits per heavy atom. The minimum atomic E-state index is -0.535. The van der Waals surface area contributed by atoms with E-state index >= 15 is 0 Å². The Hall–Kier alpha value is -4.33. The molecule has 0 bridgehead atoms. The second-order valence-electron chi connectivity index (χ2n) is 6.84. The van der Waals surface area contributed by atoms with E-state index in [2.05, 4.69) is 16.2 Å². The fourth-order valence-corrected chi connectivity index (χ4v) is 2.77. The molecule has 3 aromatic carbocycles. The Kier molecular flexibility index (Phi) is 7.42. The summed E-state index contributed by atoms with van der Waals surface area (Å²) in [6.45, 7) is 1.61. The molecule has 0 saturated heterocycles. The lowest BCUT2D eigenvalue weighted by Gasteiger charge is -2.12. The summed E-state index contributed by atoms with van der Waals surface area (Å²) in [6.07, 6.45) is 0. The molecular formula is C24H23N3O5. The number of carbonyl (C=O) groups excluding carboxylic acids is 3. The molecule has 164 valence electrons. The number of anilines is 1. The van der Waals surface area contributed by atoms with E-state index in [4.69, 9.17) is 9.47 Å². The predicted molar refractivity (Wildman–Crippen MR) is 120 cm³/mol. The minimum absolute atomic E-state index is 0.250. The molecule has 0 unspecified atom stereocenters. The highest BCUT2D eigenvalue weighted by molar-refractivity contribution is 6.04. The van der Waals surface area contributed by atoms with Crippen LogP contribution in [-0.4, -0.2) is 31.4 Å². The average Bonchev–Trinajstić information content (AvgIpc) is 2.82. The van der Waals surface area contributed by atoms with Gasteiger partial charge in [-0.15, -0.1) is 0 Å². The van der Waals surface area contributed by atoms with Gasteiger partial charge in [0.25, 0.3) is 17.7 Å². The van der Waals surface area contributed by atoms with Crippen LogP contribution in [-0.2, 0) is 4.79 Å². The second-order valence-corrected chi connectivity index (χ2v) is 6.84. The first kappa shape index (κ1) is 22.4. The zero-order chi connectivity index (χ0) is 22.9. The highest BCUT2D eigenvalue weighted by Crippen LogP contribution is 2.27. The Balaban J connectivity index is 1.47. The van der Waals surface area contributed by atoms with E-state index in [0.717, 1.165) is 5.56 Å². The molecule has 3 rings (SSSR count). The monoisotopic (exact) mass is 433 g/mol. The van der Waals surface area contributed by atoms with Crippen molar-refractivity contribution >= 4 is 23.4 Å². The van der Waals surface area contributed by atoms with E-state index < -0.39 is 11.8 Å². The highest BCUT2D eigenvalue weighted by Gasteiger charge is 2.11. The first-order valence-corrected chi connectivity index (χ1v) is 9.79. The average molecular weight is 433 g/mol. The van der Waals surface area contributed by atoms with E-state index in [1.807, 2.05) is 19.1 Å². The molecule has 0 radical (unpaired) electrons. The van der Waals surface area contributed by atoms with Crippen LogP contribution >= 0.6 is 0 Å². The Morgan fingerprint density at radius 1 is 0.781 bits per heavy atom. The second kappa shape index (κ2) is 10.6. The van der Waals surface area contributed by atoms with Gasteiger partial charge in [-0.1, -0.05) is 24.3 Å². The number of methoxy groups -OCH3 is 1. The van der Waals surface area contributed by atoms with Crippen LogP contribution in [0, 0.1) is 6.92 Å². The third kappa shape index (κ3) is 6.09. The molecule has 3 aromatic rings. The number of rotatable bonds is 7. The molecule has 0 aliphatic heterocycles. The molecule has 8 heteroatoms. The van der Waals surface area contributed by atoms with Crippen molar-refractivity contribution in [2.75, 3.05) is 19.0 Å². The van der Waals surface area contributed by atoms with Gasteiger partial charge in [0.2, 0.25) is 0 Å². The standard InChI is InChI=1S/C24H23N3O5/c1-16-8-13-20(21(14-16)31-2)32-15-22(28)26-27-24(30)18-9-11-19(12-10-18)25-23(29)17-6-4-3-5-7-17/h3-14H,15H2,1-2H3,(H,25,29)(H,26,28)(H,27,30). The molecule has 0 spiro atoms. The van der Waals surface area contributed by atoms with E-state index in [-0.39, 0.29) is 12.5 Å². The molecule has 0 atom stereocenters. The molecule has 0 aliphatic rings. The summed E-state index contributed by atoms with van der Waals surface area (Å²) in [4.78, 5) is 36.4. The number of benzene rings is 3. The molecular weight excluding hydrogens is 410 g/mol. The van der Waals surface area contributed by atoms with Crippen LogP contribution in [0.25, 0.3) is 0 Å². The maximum absolute atomic E-state index is 12.2. The van der Waals surface area contributed by atoms with Crippen molar-refractivity contribution in [1.82, 2.24) is 10.9 Å². The number of aryl methyl sites for hydroxylation is 1. The topological polar surface area (TPSA) is 106 Å². The van der Waals surface area contributed by atoms with Crippen molar-refractivity contribution in [3.8, 4) is 11.5 Å². The molecule has 0 fully saturated rings. The van der Waals surface area contributed by atoms with Gasteiger partial charge in [-0.3, -0.25) is 25.2 Å². The van der Waals surface area contributed by atoms with Crippen molar-refractivity contribution in [1.29, 1.82) is 0 Å². The van der Waals surface area contributed by atoms with Crippen LogP contribution in [0.1, 0.15) is 26.3 Å². The third-order valence-corrected chi connectivity index (χ3v) is 4.43. The smallest absolute Gasteiger partial charge is 0.276 e. The highest BCUT2D eigenvalue weighted by atomic mass is 16.5. The molecule has 0 aliphatic carbocycles. The normalized spacial score (nSPS) is 10.1. The summed E-state index contributed by atoms with van der Waals surface area (Å²) < 4.78 is 10.7. The summed E-state index contributed by atoms with van der Waals surface area (Å²) in [5, 5.41) is 2.75. The van der Waals surface area contributed by atoms with Gasteiger partial charge in [-0.25, -0.2) is 0 Å². The SMILES string of the molecule is COc1cc(C)ccc1OCC(=O)NNC(=O)c1ccc(NC(=O)c2ccccc2)cc1. The lowest BCUT2D eigenvalue weighted by atomic mass is 10.1. The van der Waals surface area contributed by atoms with Crippen molar-refractivity contribution in [3.05, 3.63) is 89.5 Å². The van der Waals surface area contributed by atoms with Crippen LogP contribution in [0.3, 0.4) is 0 Å². The molecule has 0 saturated carbocycles. The van der Waals surface area contributed by atoms with Gasteiger partial charge in [-0.2, -0.15) is 0 Å². The quantitative estimate of drug-likeness (QED) is 0.497. The van der Waals surface area contributed by atoms with Crippen molar-refractivity contribution in [2.45, 2.75) is 6.92 Å². The van der Waals surface area contributed by atoms with E-state index in [1.54, 1.807) is 48.5 Å². The number of carbonyl (C=O) groups is 3. The van der Waals surface area contributed by atoms with Crippen LogP contribution in [0.4, 0.5) is 5.69 Å². The molecule has 3 N–H and O–H groups in total. The van der Waals surface area contributed by atoms with Crippen molar-refractivity contribution < 1.29 is 23.9 Å². The van der Waals surface area contributed by atoms with Crippen LogP contribution in [0.5, 0.6) is 11.5 Å². The first-order chi connectivity index (χ1) is 15.5. The maximum atomic E-state index is 12.2. The lowest BCUT2D eigenvalue weighted by Crippen LogP contribution is -2.43. The van der Waals surface area contributed by atoms with E-state index in [1.165, 1.54) is 19.2 Å². The Bertz CT molecular complexity index is 1100. The van der Waals surface area contributed by atoms with E-state index in [9.17, 15) is 14.4 Å². The number of amides is 3. The van der Waals surface area contributed by atoms with Crippen LogP contribution in [0.2, 0.25) is 0 Å². The largest absolute Gasteiger partial charge is 0.493 e. The van der Waals surface area contributed by atoms with Gasteiger partial charge in [0.15, 0.2) is 18.1 Å². The van der Waals surface area contributed by atoms with Gasteiger partial charge in [-0.05, 0) is 61.0 Å². The van der Waals surface area contributed by atoms with Crippen LogP contribution in [0.15, 0.2) is 72.8 Å². The Morgan fingerprint density at radius 2 is 1.47 bits per heavy atom. The zero-order valence-corrected chi connectivity index (χ0v) is 17.7. The van der Waals surface area contributed by atoms with Gasteiger partial charge in [0.1, 0.15) is 0 Å².